The summed E-state index contributed by atoms with van der Waals surface area (Å²) in [7, 11) is 0. The Bertz CT molecular complexity index is 1890. The predicted molar refractivity (Wildman–Crippen MR) is 232 cm³/mol. The van der Waals surface area contributed by atoms with Crippen molar-refractivity contribution in [1.29, 1.82) is 0 Å². The number of phenols is 1. The summed E-state index contributed by atoms with van der Waals surface area (Å²) in [6.45, 7) is 8.69. The molecule has 0 saturated carbocycles. The molecule has 338 valence electrons. The first kappa shape index (κ1) is 50.9. The van der Waals surface area contributed by atoms with Gasteiger partial charge in [0.05, 0.1) is 18.1 Å². The molecule has 1 aliphatic heterocycles. The number of benzene rings is 2. The maximum absolute atomic E-state index is 14.3. The average molecular weight is 863 g/mol. The maximum atomic E-state index is 14.3. The van der Waals surface area contributed by atoms with E-state index in [4.69, 9.17) is 4.74 Å². The summed E-state index contributed by atoms with van der Waals surface area (Å²) in [5, 5.41) is 47.5. The monoisotopic (exact) mass is 862 g/mol. The second-order valence-corrected chi connectivity index (χ2v) is 16.1. The van der Waals surface area contributed by atoms with Crippen LogP contribution in [0.25, 0.3) is 0 Å². The third-order valence-corrected chi connectivity index (χ3v) is 10.4. The molecule has 7 N–H and O–H groups in total. The molecule has 2 aromatic rings. The fourth-order valence-corrected chi connectivity index (χ4v) is 6.84. The first-order valence-electron chi connectivity index (χ1n) is 21.1. The molecule has 3 rings (SSSR count). The summed E-state index contributed by atoms with van der Waals surface area (Å²) in [5.74, 6) is -5.33. The van der Waals surface area contributed by atoms with Crippen molar-refractivity contribution in [2.45, 2.75) is 117 Å². The Morgan fingerprint density at radius 1 is 0.935 bits per heavy atom. The smallest absolute Gasteiger partial charge is 0.336 e. The number of nitrogens with zero attached hydrogens (tertiary/aromatic N) is 1. The van der Waals surface area contributed by atoms with E-state index in [9.17, 15) is 48.8 Å². The highest BCUT2D eigenvalue weighted by Gasteiger charge is 2.37. The molecule has 0 spiro atoms. The van der Waals surface area contributed by atoms with Crippen molar-refractivity contribution in [1.82, 2.24) is 21.1 Å². The number of esters is 1. The molecule has 62 heavy (non-hydrogen) atoms. The molecule has 15 heteroatoms. The normalized spacial score (nSPS) is 17.3. The van der Waals surface area contributed by atoms with Gasteiger partial charge in [0.15, 0.2) is 6.29 Å². The fourth-order valence-electron chi connectivity index (χ4n) is 6.84. The molecule has 3 amide bonds. The number of aliphatic hydroxyl groups is 3. The van der Waals surface area contributed by atoms with Gasteiger partial charge in [-0.05, 0) is 94.0 Å². The lowest BCUT2D eigenvalue weighted by molar-refractivity contribution is -0.148. The van der Waals surface area contributed by atoms with Gasteiger partial charge in [0, 0.05) is 31.5 Å². The lowest BCUT2D eigenvalue weighted by atomic mass is 9.85. The number of hydrogen-bond donors (Lipinski definition) is 7. The van der Waals surface area contributed by atoms with Gasteiger partial charge in [-0.25, -0.2) is 14.6 Å². The van der Waals surface area contributed by atoms with E-state index < -0.39 is 77.8 Å². The number of allylic oxidation sites excluding steroid dienone is 7. The van der Waals surface area contributed by atoms with Crippen LogP contribution in [-0.4, -0.2) is 92.0 Å². The minimum Gasteiger partial charge on any atom is -0.508 e. The number of carbonyl (C=O) groups excluding carboxylic acids is 5. The summed E-state index contributed by atoms with van der Waals surface area (Å²) in [4.78, 5) is 65.7. The molecule has 6 atom stereocenters. The van der Waals surface area contributed by atoms with Crippen molar-refractivity contribution in [3.05, 3.63) is 108 Å². The highest BCUT2D eigenvalue weighted by Crippen LogP contribution is 2.24. The van der Waals surface area contributed by atoms with E-state index in [-0.39, 0.29) is 42.9 Å². The minimum atomic E-state index is -1.76. The van der Waals surface area contributed by atoms with E-state index in [1.807, 2.05) is 43.4 Å². The van der Waals surface area contributed by atoms with Crippen molar-refractivity contribution in [2.24, 2.45) is 17.8 Å². The Morgan fingerprint density at radius 3 is 2.31 bits per heavy atom. The number of ether oxygens (including phenoxy) is 1. The summed E-state index contributed by atoms with van der Waals surface area (Å²) in [6, 6.07) is 8.70. The zero-order valence-electron chi connectivity index (χ0n) is 36.2. The zero-order chi connectivity index (χ0) is 45.8. The summed E-state index contributed by atoms with van der Waals surface area (Å²) < 4.78 is 19.5. The Kier molecular flexibility index (Phi) is 21.4. The lowest BCUT2D eigenvalue weighted by Gasteiger charge is -2.37. The Hall–Kier alpha value is -5.48. The molecule has 1 heterocycles. The predicted octanol–water partition coefficient (Wildman–Crippen LogP) is 4.88. The number of rotatable bonds is 23. The molecule has 0 radical (unpaired) electrons. The van der Waals surface area contributed by atoms with E-state index in [1.165, 1.54) is 19.1 Å². The fraction of sp³-hybridized carbons (Fsp3) is 0.468. The summed E-state index contributed by atoms with van der Waals surface area (Å²) in [5.41, 5.74) is 4.03. The van der Waals surface area contributed by atoms with Gasteiger partial charge in [-0.1, -0.05) is 81.0 Å². The van der Waals surface area contributed by atoms with Crippen LogP contribution in [-0.2, 0) is 30.4 Å². The minimum absolute atomic E-state index is 0.0177. The van der Waals surface area contributed by atoms with Gasteiger partial charge in [-0.3, -0.25) is 19.4 Å². The van der Waals surface area contributed by atoms with Crippen LogP contribution in [0, 0.1) is 23.6 Å². The van der Waals surface area contributed by atoms with E-state index >= 15 is 0 Å². The molecular weight excluding hydrogens is 800 g/mol. The molecule has 1 aliphatic rings. The summed E-state index contributed by atoms with van der Waals surface area (Å²) in [6.07, 6.45) is 12.0. The van der Waals surface area contributed by atoms with Gasteiger partial charge in [0.1, 0.15) is 35.2 Å². The largest absolute Gasteiger partial charge is 0.508 e. The number of nitrogens with one attached hydrogen (secondary N) is 3. The highest BCUT2D eigenvalue weighted by atomic mass is 19.1. The van der Waals surface area contributed by atoms with Gasteiger partial charge in [-0.15, -0.1) is 0 Å². The van der Waals surface area contributed by atoms with E-state index in [2.05, 4.69) is 16.1 Å². The molecule has 14 nitrogen and oxygen atoms in total. The number of amides is 3. The molecular formula is C47H63FN4O10. The number of halogens is 1. The SMILES string of the molecule is CC(=O)CC[C@@H](C(=O)N[C@H](C(=O)N[C@@H](Cc1cc(O)cc(F)c1)C(=O)N1CCCC(C(O)O)N1)C(C)C)[C@H](O)[C@@H](C)C/C=C/C=C/CC/C(C)=C/C=C/C(=O)Oc1ccccc1. The number of Topliss-reactive ketones (excluding diaryl/α,β-unsaturated/α-hetero) is 1. The number of hydrogen-bond acceptors (Lipinski definition) is 11. The number of hydrazine groups is 1. The Balaban J connectivity index is 1.64. The van der Waals surface area contributed by atoms with E-state index in [1.54, 1.807) is 51.1 Å². The zero-order valence-corrected chi connectivity index (χ0v) is 36.2. The van der Waals surface area contributed by atoms with Crippen LogP contribution in [0.4, 0.5) is 4.39 Å². The standard InChI is InChI=1S/C47H63FN4O10/c1-30(2)42(45(58)49-40(28-34-26-35(48)29-36(54)27-34)46(59)52-25-15-21-39(51-52)47(60)61)50-44(57)38(24-23-33(5)53)43(56)32(4)18-11-8-6-7-10-16-31(3)17-14-22-41(55)62-37-19-12-9-13-20-37/h6-9,11-14,17,19-20,22,26-27,29-30,32,38-40,42-43,47,51,54,56,60-61H,10,15-16,18,21,23-25,28H2,1-5H3,(H,49,58)(H,50,57)/b7-6+,11-8+,22-14+,31-17+/t32-,38+,39?,40-,42-,43+/m0/s1. The average Bonchev–Trinajstić information content (AvgIpc) is 3.21. The van der Waals surface area contributed by atoms with Crippen molar-refractivity contribution in [2.75, 3.05) is 6.54 Å². The van der Waals surface area contributed by atoms with Gasteiger partial charge in [0.2, 0.25) is 11.8 Å². The first-order chi connectivity index (χ1) is 29.4. The summed E-state index contributed by atoms with van der Waals surface area (Å²) >= 11 is 0. The van der Waals surface area contributed by atoms with Crippen LogP contribution in [0.5, 0.6) is 11.5 Å². The Labute approximate surface area is 363 Å². The van der Waals surface area contributed by atoms with Crippen LogP contribution in [0.3, 0.4) is 0 Å². The molecule has 1 unspecified atom stereocenters. The van der Waals surface area contributed by atoms with Crippen molar-refractivity contribution in [3.63, 3.8) is 0 Å². The van der Waals surface area contributed by atoms with Crippen LogP contribution in [0.2, 0.25) is 0 Å². The van der Waals surface area contributed by atoms with Gasteiger partial charge < -0.3 is 40.6 Å². The lowest BCUT2D eigenvalue weighted by Crippen LogP contribution is -2.62. The van der Waals surface area contributed by atoms with Crippen molar-refractivity contribution < 1.29 is 53.5 Å². The van der Waals surface area contributed by atoms with Gasteiger partial charge in [0.25, 0.3) is 5.91 Å². The molecule has 1 saturated heterocycles. The van der Waals surface area contributed by atoms with Crippen LogP contribution >= 0.6 is 0 Å². The second kappa shape index (κ2) is 26.1. The first-order valence-corrected chi connectivity index (χ1v) is 21.1. The van der Waals surface area contributed by atoms with Crippen LogP contribution in [0.1, 0.15) is 85.1 Å². The topological polar surface area (TPSA) is 215 Å². The quantitative estimate of drug-likeness (QED) is 0.0263. The van der Waals surface area contributed by atoms with Gasteiger partial charge >= 0.3 is 5.97 Å². The molecule has 0 bridgehead atoms. The maximum Gasteiger partial charge on any atom is 0.336 e. The molecule has 1 fully saturated rings. The Morgan fingerprint density at radius 2 is 1.65 bits per heavy atom. The third kappa shape index (κ3) is 17.9. The number of aromatic hydroxyl groups is 1. The van der Waals surface area contributed by atoms with E-state index in [0.717, 1.165) is 35.6 Å². The van der Waals surface area contributed by atoms with Crippen LogP contribution in [0.15, 0.2) is 96.6 Å². The molecule has 2 aromatic carbocycles. The third-order valence-electron chi connectivity index (χ3n) is 10.4. The number of ketones is 1. The highest BCUT2D eigenvalue weighted by molar-refractivity contribution is 5.93. The van der Waals surface area contributed by atoms with Crippen molar-refractivity contribution >= 4 is 29.5 Å². The second-order valence-electron chi connectivity index (χ2n) is 16.1. The van der Waals surface area contributed by atoms with E-state index in [0.29, 0.717) is 25.0 Å². The number of para-hydroxylation sites is 1. The number of phenolic OH excluding ortho intramolecular Hbond substituents is 1. The molecule has 0 aliphatic carbocycles. The number of carbonyl (C=O) groups is 5. The van der Waals surface area contributed by atoms with Crippen LogP contribution < -0.4 is 20.8 Å². The van der Waals surface area contributed by atoms with Crippen molar-refractivity contribution in [3.8, 4) is 11.5 Å². The van der Waals surface area contributed by atoms with Gasteiger partial charge in [-0.2, -0.15) is 0 Å². The molecule has 0 aromatic heterocycles. The number of aliphatic hydroxyl groups excluding tert-OH is 2.